The number of rotatable bonds is 6. The first kappa shape index (κ1) is 22.4. The van der Waals surface area contributed by atoms with Gasteiger partial charge in [-0.05, 0) is 76.8 Å². The zero-order valence-corrected chi connectivity index (χ0v) is 18.4. The Morgan fingerprint density at radius 3 is 2.40 bits per heavy atom. The molecule has 7 heteroatoms. The van der Waals surface area contributed by atoms with Gasteiger partial charge >= 0.3 is 6.09 Å². The second kappa shape index (κ2) is 9.23. The Kier molecular flexibility index (Phi) is 6.89. The van der Waals surface area contributed by atoms with Gasteiger partial charge in [-0.1, -0.05) is 0 Å². The second-order valence-corrected chi connectivity index (χ2v) is 9.51. The lowest BCUT2D eigenvalue weighted by Gasteiger charge is -2.43. The summed E-state index contributed by atoms with van der Waals surface area (Å²) >= 11 is 0. The van der Waals surface area contributed by atoms with Crippen molar-refractivity contribution in [3.63, 3.8) is 0 Å². The molecule has 3 atom stereocenters. The predicted molar refractivity (Wildman–Crippen MR) is 113 cm³/mol. The average Bonchev–Trinajstić information content (AvgIpc) is 2.95. The van der Waals surface area contributed by atoms with Crippen LogP contribution < -0.4 is 4.74 Å². The maximum absolute atomic E-state index is 12.5. The van der Waals surface area contributed by atoms with Crippen molar-refractivity contribution >= 4 is 6.09 Å². The highest BCUT2D eigenvalue weighted by Crippen LogP contribution is 2.40. The van der Waals surface area contributed by atoms with E-state index in [1.54, 1.807) is 24.3 Å². The van der Waals surface area contributed by atoms with Gasteiger partial charge in [0.15, 0.2) is 0 Å². The zero-order chi connectivity index (χ0) is 21.9. The van der Waals surface area contributed by atoms with Gasteiger partial charge in [-0.3, -0.25) is 0 Å². The Morgan fingerprint density at radius 2 is 1.87 bits per heavy atom. The summed E-state index contributed by atoms with van der Waals surface area (Å²) in [6.45, 7) is 7.79. The van der Waals surface area contributed by atoms with Gasteiger partial charge in [0.25, 0.3) is 0 Å². The van der Waals surface area contributed by atoms with Gasteiger partial charge < -0.3 is 24.4 Å². The number of piperidine rings is 1. The lowest BCUT2D eigenvalue weighted by Crippen LogP contribution is -2.55. The summed E-state index contributed by atoms with van der Waals surface area (Å²) in [6, 6.07) is 9.30. The normalized spacial score (nSPS) is 24.4. The Labute approximate surface area is 179 Å². The SMILES string of the molecule is CN(CC(O)COc1ccc(C#N)cc1)C1C2CCC1CN(C(=O)OC(C)(C)C)C2. The minimum atomic E-state index is -0.617. The maximum atomic E-state index is 12.5. The van der Waals surface area contributed by atoms with Crippen molar-refractivity contribution in [2.45, 2.75) is 51.4 Å². The average molecular weight is 416 g/mol. The first-order valence-corrected chi connectivity index (χ1v) is 10.7. The molecule has 3 rings (SSSR count). The van der Waals surface area contributed by atoms with Gasteiger partial charge in [0.05, 0.1) is 11.6 Å². The van der Waals surface area contributed by atoms with Crippen molar-refractivity contribution in [3.8, 4) is 11.8 Å². The van der Waals surface area contributed by atoms with Crippen LogP contribution in [-0.2, 0) is 4.74 Å². The summed E-state index contributed by atoms with van der Waals surface area (Å²) in [4.78, 5) is 16.5. The molecule has 1 aliphatic carbocycles. The monoisotopic (exact) mass is 415 g/mol. The van der Waals surface area contributed by atoms with Crippen LogP contribution in [0.3, 0.4) is 0 Å². The molecule has 1 saturated heterocycles. The number of carbonyl (C=O) groups excluding carboxylic acids is 1. The molecular weight excluding hydrogens is 382 g/mol. The molecule has 2 bridgehead atoms. The summed E-state index contributed by atoms with van der Waals surface area (Å²) < 4.78 is 11.2. The van der Waals surface area contributed by atoms with Crippen LogP contribution in [0.2, 0.25) is 0 Å². The molecule has 0 radical (unpaired) electrons. The summed E-state index contributed by atoms with van der Waals surface area (Å²) in [5.41, 5.74) is 0.0961. The van der Waals surface area contributed by atoms with E-state index in [0.717, 1.165) is 12.8 Å². The van der Waals surface area contributed by atoms with Gasteiger partial charge in [0.2, 0.25) is 0 Å². The number of likely N-dealkylation sites (N-methyl/N-ethyl adjacent to an activating group) is 1. The van der Waals surface area contributed by atoms with Crippen molar-refractivity contribution in [2.75, 3.05) is 33.3 Å². The van der Waals surface area contributed by atoms with Gasteiger partial charge in [-0.15, -0.1) is 0 Å². The third kappa shape index (κ3) is 5.65. The van der Waals surface area contributed by atoms with E-state index in [-0.39, 0.29) is 12.7 Å². The number of aliphatic hydroxyl groups excluding tert-OH is 1. The third-order valence-corrected chi connectivity index (χ3v) is 5.87. The molecular formula is C23H33N3O4. The van der Waals surface area contributed by atoms with Crippen molar-refractivity contribution < 1.29 is 19.4 Å². The van der Waals surface area contributed by atoms with E-state index in [9.17, 15) is 9.90 Å². The van der Waals surface area contributed by atoms with E-state index in [0.29, 0.717) is 48.8 Å². The zero-order valence-electron chi connectivity index (χ0n) is 18.4. The Bertz CT molecular complexity index is 754. The van der Waals surface area contributed by atoms with Crippen LogP contribution in [0.25, 0.3) is 0 Å². The number of nitriles is 1. The molecule has 164 valence electrons. The number of hydrogen-bond donors (Lipinski definition) is 1. The summed E-state index contributed by atoms with van der Waals surface area (Å²) in [5, 5.41) is 19.3. The lowest BCUT2D eigenvalue weighted by molar-refractivity contribution is -0.00758. The first-order valence-electron chi connectivity index (χ1n) is 10.7. The number of carbonyl (C=O) groups is 1. The largest absolute Gasteiger partial charge is 0.491 e. The number of amides is 1. The van der Waals surface area contributed by atoms with Crippen LogP contribution in [0, 0.1) is 23.2 Å². The molecule has 1 aliphatic heterocycles. The van der Waals surface area contributed by atoms with E-state index in [2.05, 4.69) is 11.0 Å². The van der Waals surface area contributed by atoms with Gasteiger partial charge in [0, 0.05) is 25.7 Å². The second-order valence-electron chi connectivity index (χ2n) is 9.51. The quantitative estimate of drug-likeness (QED) is 0.769. The van der Waals surface area contributed by atoms with E-state index < -0.39 is 11.7 Å². The molecule has 1 N–H and O–H groups in total. The highest BCUT2D eigenvalue weighted by atomic mass is 16.6. The molecule has 2 fully saturated rings. The van der Waals surface area contributed by atoms with Gasteiger partial charge in [0.1, 0.15) is 24.1 Å². The molecule has 0 aromatic heterocycles. The molecule has 0 spiro atoms. The fourth-order valence-corrected chi connectivity index (χ4v) is 4.71. The summed E-state index contributed by atoms with van der Waals surface area (Å²) in [7, 11) is 2.05. The number of hydrogen-bond acceptors (Lipinski definition) is 6. The van der Waals surface area contributed by atoms with Crippen LogP contribution in [0.15, 0.2) is 24.3 Å². The molecule has 1 heterocycles. The van der Waals surface area contributed by atoms with E-state index >= 15 is 0 Å². The van der Waals surface area contributed by atoms with Crippen molar-refractivity contribution in [1.29, 1.82) is 5.26 Å². The summed E-state index contributed by atoms with van der Waals surface area (Å²) in [6.07, 6.45) is 1.35. The van der Waals surface area contributed by atoms with Crippen LogP contribution in [0.4, 0.5) is 4.79 Å². The number of likely N-dealkylation sites (tertiary alicyclic amines) is 1. The minimum Gasteiger partial charge on any atom is -0.491 e. The highest BCUT2D eigenvalue weighted by molar-refractivity contribution is 5.68. The van der Waals surface area contributed by atoms with Crippen molar-refractivity contribution in [3.05, 3.63) is 29.8 Å². The van der Waals surface area contributed by atoms with Gasteiger partial charge in [-0.2, -0.15) is 5.26 Å². The molecule has 30 heavy (non-hydrogen) atoms. The molecule has 1 aromatic carbocycles. The topological polar surface area (TPSA) is 86.0 Å². The predicted octanol–water partition coefficient (Wildman–Crippen LogP) is 2.88. The van der Waals surface area contributed by atoms with Crippen LogP contribution in [0.1, 0.15) is 39.2 Å². The van der Waals surface area contributed by atoms with E-state index in [4.69, 9.17) is 14.7 Å². The third-order valence-electron chi connectivity index (χ3n) is 5.87. The molecule has 1 saturated carbocycles. The molecule has 1 amide bonds. The van der Waals surface area contributed by atoms with Crippen LogP contribution in [-0.4, -0.2) is 72.0 Å². The van der Waals surface area contributed by atoms with Crippen molar-refractivity contribution in [1.82, 2.24) is 9.80 Å². The van der Waals surface area contributed by atoms with Crippen LogP contribution >= 0.6 is 0 Å². The van der Waals surface area contributed by atoms with Crippen molar-refractivity contribution in [2.24, 2.45) is 11.8 Å². The number of nitrogens with zero attached hydrogens (tertiary/aromatic N) is 3. The number of benzene rings is 1. The molecule has 7 nitrogen and oxygen atoms in total. The number of aliphatic hydroxyl groups is 1. The standard InChI is InChI=1S/C23H33N3O4/c1-23(2,3)30-22(28)26-12-17-7-8-18(13-26)21(17)25(4)14-19(27)15-29-20-9-5-16(11-24)6-10-20/h5-6,9-10,17-19,21,27H,7-8,12-15H2,1-4H3. The van der Waals surface area contributed by atoms with E-state index in [1.807, 2.05) is 32.7 Å². The fraction of sp³-hybridized carbons (Fsp3) is 0.652. The highest BCUT2D eigenvalue weighted by Gasteiger charge is 2.46. The lowest BCUT2D eigenvalue weighted by atomic mass is 9.91. The van der Waals surface area contributed by atoms with E-state index in [1.165, 1.54) is 0 Å². The Hall–Kier alpha value is -2.30. The number of fused-ring (bicyclic) bond motifs is 2. The first-order chi connectivity index (χ1) is 14.2. The molecule has 1 aromatic rings. The van der Waals surface area contributed by atoms with Gasteiger partial charge in [-0.25, -0.2) is 4.79 Å². The minimum absolute atomic E-state index is 0.197. The number of ether oxygens (including phenoxy) is 2. The fourth-order valence-electron chi connectivity index (χ4n) is 4.71. The van der Waals surface area contributed by atoms with Crippen LogP contribution in [0.5, 0.6) is 5.75 Å². The maximum Gasteiger partial charge on any atom is 0.410 e. The Morgan fingerprint density at radius 1 is 1.27 bits per heavy atom. The smallest absolute Gasteiger partial charge is 0.410 e. The Balaban J connectivity index is 1.49. The molecule has 3 unspecified atom stereocenters. The molecule has 2 aliphatic rings. The summed E-state index contributed by atoms with van der Waals surface area (Å²) in [5.74, 6) is 1.43.